The fourth-order valence-corrected chi connectivity index (χ4v) is 5.18. The SMILES string of the molecule is CC1(C)C(=O)N(Cc2ccc(-c3nnc(C(F)F)o3)cn2)C(=O)c2cc(C3CCN(C(=O)CO)CC3)ccc21. The van der Waals surface area contributed by atoms with E-state index in [4.69, 9.17) is 9.52 Å². The number of alkyl halides is 2. The average molecular weight is 540 g/mol. The Morgan fingerprint density at radius 1 is 1.15 bits per heavy atom. The van der Waals surface area contributed by atoms with Crippen LogP contribution in [0.3, 0.4) is 0 Å². The number of piperidine rings is 1. The zero-order valence-electron chi connectivity index (χ0n) is 21.4. The second kappa shape index (κ2) is 10.3. The summed E-state index contributed by atoms with van der Waals surface area (Å²) in [5, 5.41) is 16.0. The van der Waals surface area contributed by atoms with E-state index in [0.29, 0.717) is 48.3 Å². The fourth-order valence-electron chi connectivity index (χ4n) is 5.18. The second-order valence-electron chi connectivity index (χ2n) is 10.2. The Morgan fingerprint density at radius 3 is 2.51 bits per heavy atom. The first-order chi connectivity index (χ1) is 18.6. The molecule has 1 saturated heterocycles. The maximum absolute atomic E-state index is 13.6. The highest BCUT2D eigenvalue weighted by molar-refractivity contribution is 6.12. The third kappa shape index (κ3) is 4.91. The number of pyridine rings is 1. The quantitative estimate of drug-likeness (QED) is 0.473. The summed E-state index contributed by atoms with van der Waals surface area (Å²) in [6, 6.07) is 8.76. The molecule has 0 radical (unpaired) electrons. The Labute approximate surface area is 222 Å². The number of aliphatic hydroxyl groups excluding tert-OH is 1. The molecule has 1 N–H and O–H groups in total. The third-order valence-electron chi connectivity index (χ3n) is 7.45. The van der Waals surface area contributed by atoms with Gasteiger partial charge in [-0.1, -0.05) is 12.1 Å². The molecule has 0 bridgehead atoms. The Hall–Kier alpha value is -4.06. The van der Waals surface area contributed by atoms with Crippen LogP contribution in [0, 0.1) is 0 Å². The molecule has 12 heteroatoms. The summed E-state index contributed by atoms with van der Waals surface area (Å²) < 4.78 is 30.4. The van der Waals surface area contributed by atoms with Crippen LogP contribution in [0.4, 0.5) is 8.78 Å². The van der Waals surface area contributed by atoms with E-state index in [9.17, 15) is 23.2 Å². The molecular formula is C27H27F2N5O5. The molecule has 0 atom stereocenters. The normalized spacial score (nSPS) is 17.6. The molecule has 0 saturated carbocycles. The number of nitrogens with zero attached hydrogens (tertiary/aromatic N) is 5. The fraction of sp³-hybridized carbons (Fsp3) is 0.407. The maximum Gasteiger partial charge on any atom is 0.314 e. The molecule has 3 aromatic rings. The highest BCUT2D eigenvalue weighted by Crippen LogP contribution is 2.38. The van der Waals surface area contributed by atoms with Crippen LogP contribution in [-0.4, -0.2) is 67.5 Å². The van der Waals surface area contributed by atoms with Gasteiger partial charge < -0.3 is 14.4 Å². The predicted octanol–water partition coefficient (Wildman–Crippen LogP) is 3.23. The van der Waals surface area contributed by atoms with Crippen LogP contribution < -0.4 is 0 Å². The first kappa shape index (κ1) is 26.5. The number of fused-ring (bicyclic) bond motifs is 1. The molecule has 1 aromatic carbocycles. The monoisotopic (exact) mass is 539 g/mol. The number of aromatic nitrogens is 3. The minimum atomic E-state index is -2.88. The van der Waals surface area contributed by atoms with Crippen molar-refractivity contribution in [2.75, 3.05) is 19.7 Å². The third-order valence-corrected chi connectivity index (χ3v) is 7.45. The molecule has 0 aliphatic carbocycles. The molecule has 5 rings (SSSR count). The number of benzene rings is 1. The molecule has 4 heterocycles. The van der Waals surface area contributed by atoms with Crippen LogP contribution >= 0.6 is 0 Å². The largest absolute Gasteiger partial charge is 0.415 e. The molecule has 39 heavy (non-hydrogen) atoms. The van der Waals surface area contributed by atoms with E-state index in [1.807, 2.05) is 18.2 Å². The van der Waals surface area contributed by atoms with Crippen molar-refractivity contribution < 1.29 is 32.7 Å². The highest BCUT2D eigenvalue weighted by Gasteiger charge is 2.44. The van der Waals surface area contributed by atoms with Gasteiger partial charge >= 0.3 is 6.43 Å². The van der Waals surface area contributed by atoms with Gasteiger partial charge in [0.05, 0.1) is 23.2 Å². The van der Waals surface area contributed by atoms with Crippen molar-refractivity contribution in [3.8, 4) is 11.5 Å². The molecule has 0 spiro atoms. The summed E-state index contributed by atoms with van der Waals surface area (Å²) in [5.41, 5.74) is 1.87. The Kier molecular flexibility index (Phi) is 6.98. The number of carbonyl (C=O) groups is 3. The average Bonchev–Trinajstić information content (AvgIpc) is 3.45. The summed E-state index contributed by atoms with van der Waals surface area (Å²) >= 11 is 0. The van der Waals surface area contributed by atoms with E-state index in [2.05, 4.69) is 15.2 Å². The molecular weight excluding hydrogens is 512 g/mol. The van der Waals surface area contributed by atoms with Gasteiger partial charge in [0.15, 0.2) is 0 Å². The van der Waals surface area contributed by atoms with Crippen molar-refractivity contribution in [2.24, 2.45) is 0 Å². The summed E-state index contributed by atoms with van der Waals surface area (Å²) in [4.78, 5) is 45.9. The Balaban J connectivity index is 1.36. The predicted molar refractivity (Wildman–Crippen MR) is 132 cm³/mol. The molecule has 0 unspecified atom stereocenters. The summed E-state index contributed by atoms with van der Waals surface area (Å²) in [5.74, 6) is -1.82. The first-order valence-corrected chi connectivity index (χ1v) is 12.6. The topological polar surface area (TPSA) is 130 Å². The lowest BCUT2D eigenvalue weighted by Gasteiger charge is -2.38. The molecule has 204 valence electrons. The molecule has 2 aliphatic heterocycles. The van der Waals surface area contributed by atoms with Gasteiger partial charge in [-0.25, -0.2) is 0 Å². The maximum atomic E-state index is 13.6. The minimum Gasteiger partial charge on any atom is -0.415 e. The molecule has 3 amide bonds. The Bertz CT molecular complexity index is 1410. The highest BCUT2D eigenvalue weighted by atomic mass is 19.3. The van der Waals surface area contributed by atoms with E-state index >= 15 is 0 Å². The van der Waals surface area contributed by atoms with Crippen LogP contribution in [0.2, 0.25) is 0 Å². The van der Waals surface area contributed by atoms with Crippen molar-refractivity contribution in [1.82, 2.24) is 25.0 Å². The van der Waals surface area contributed by atoms with Gasteiger partial charge in [-0.15, -0.1) is 10.2 Å². The van der Waals surface area contributed by atoms with Gasteiger partial charge in [-0.3, -0.25) is 24.3 Å². The second-order valence-corrected chi connectivity index (χ2v) is 10.2. The summed E-state index contributed by atoms with van der Waals surface area (Å²) in [6.07, 6.45) is -0.105. The number of rotatable bonds is 6. The molecule has 10 nitrogen and oxygen atoms in total. The smallest absolute Gasteiger partial charge is 0.314 e. The number of carbonyl (C=O) groups excluding carboxylic acids is 3. The van der Waals surface area contributed by atoms with E-state index < -0.39 is 30.2 Å². The number of aliphatic hydroxyl groups is 1. The van der Waals surface area contributed by atoms with E-state index in [1.54, 1.807) is 30.9 Å². The number of likely N-dealkylation sites (tertiary alicyclic amines) is 1. The van der Waals surface area contributed by atoms with Crippen molar-refractivity contribution in [1.29, 1.82) is 0 Å². The van der Waals surface area contributed by atoms with Gasteiger partial charge in [0.25, 0.3) is 11.8 Å². The van der Waals surface area contributed by atoms with E-state index in [1.165, 1.54) is 11.1 Å². The van der Waals surface area contributed by atoms with Crippen molar-refractivity contribution >= 4 is 17.7 Å². The van der Waals surface area contributed by atoms with Crippen LogP contribution in [0.25, 0.3) is 11.5 Å². The lowest BCUT2D eigenvalue weighted by Crippen LogP contribution is -2.51. The lowest BCUT2D eigenvalue weighted by molar-refractivity contribution is -0.135. The van der Waals surface area contributed by atoms with Crippen LogP contribution in [0.15, 0.2) is 40.9 Å². The molecule has 1 fully saturated rings. The summed E-state index contributed by atoms with van der Waals surface area (Å²) in [7, 11) is 0. The molecule has 2 aliphatic rings. The van der Waals surface area contributed by atoms with Crippen molar-refractivity contribution in [3.63, 3.8) is 0 Å². The van der Waals surface area contributed by atoms with Gasteiger partial charge in [0.1, 0.15) is 6.61 Å². The van der Waals surface area contributed by atoms with Gasteiger partial charge in [0.2, 0.25) is 17.7 Å². The lowest BCUT2D eigenvalue weighted by atomic mass is 9.75. The van der Waals surface area contributed by atoms with Gasteiger partial charge in [-0.2, -0.15) is 8.78 Å². The number of imide groups is 1. The minimum absolute atomic E-state index is 0.0706. The van der Waals surface area contributed by atoms with E-state index in [-0.39, 0.29) is 30.2 Å². The van der Waals surface area contributed by atoms with Crippen molar-refractivity contribution in [3.05, 3.63) is 64.8 Å². The first-order valence-electron chi connectivity index (χ1n) is 12.6. The number of amides is 3. The number of halogens is 2. The van der Waals surface area contributed by atoms with Gasteiger partial charge in [0, 0.05) is 24.8 Å². The Morgan fingerprint density at radius 2 is 1.90 bits per heavy atom. The number of hydrogen-bond donors (Lipinski definition) is 1. The van der Waals surface area contributed by atoms with E-state index in [0.717, 1.165) is 5.56 Å². The molecule has 2 aromatic heterocycles. The standard InChI is InChI=1S/C27H27F2N5O5/c1-27(2)20-6-4-16(15-7-9-33(10-8-15)21(36)14-35)11-19(20)25(37)34(26(27)38)13-18-5-3-17(12-30-18)23-31-32-24(39-23)22(28)29/h3-6,11-12,15,22,35H,7-10,13-14H2,1-2H3. The number of hydrogen-bond acceptors (Lipinski definition) is 8. The zero-order chi connectivity index (χ0) is 27.9. The van der Waals surface area contributed by atoms with Crippen LogP contribution in [-0.2, 0) is 21.5 Å². The summed E-state index contributed by atoms with van der Waals surface area (Å²) in [6.45, 7) is 4.03. The van der Waals surface area contributed by atoms with Gasteiger partial charge in [-0.05, 0) is 61.9 Å². The van der Waals surface area contributed by atoms with Crippen molar-refractivity contribution in [2.45, 2.75) is 51.0 Å². The zero-order valence-corrected chi connectivity index (χ0v) is 21.4. The van der Waals surface area contributed by atoms with Crippen LogP contribution in [0.1, 0.15) is 72.1 Å². The van der Waals surface area contributed by atoms with Crippen LogP contribution in [0.5, 0.6) is 0 Å².